The monoisotopic (exact) mass is 342 g/mol. The van der Waals surface area contributed by atoms with Crippen molar-refractivity contribution in [3.63, 3.8) is 0 Å². The van der Waals surface area contributed by atoms with Gasteiger partial charge in [-0.25, -0.2) is 0 Å². The predicted molar refractivity (Wildman–Crippen MR) is 107 cm³/mol. The maximum Gasteiger partial charge on any atom is 0.0705 e. The zero-order chi connectivity index (χ0) is 18.0. The lowest BCUT2D eigenvalue weighted by atomic mass is 9.88. The molecule has 4 N–H and O–H groups in total. The largest absolute Gasteiger partial charge is 0.329 e. The molecule has 0 unspecified atom stereocenters. The highest BCUT2D eigenvalue weighted by Gasteiger charge is 2.26. The second-order valence-corrected chi connectivity index (χ2v) is 6.91. The molecule has 0 aliphatic heterocycles. The molecule has 0 bridgehead atoms. The molecular weight excluding hydrogens is 320 g/mol. The Hall–Kier alpha value is -2.82. The highest BCUT2D eigenvalue weighted by atomic mass is 14.8. The summed E-state index contributed by atoms with van der Waals surface area (Å²) in [6, 6.07) is 24.4. The summed E-state index contributed by atoms with van der Waals surface area (Å²) < 4.78 is 0. The molecule has 0 fully saturated rings. The van der Waals surface area contributed by atoms with Crippen LogP contribution < -0.4 is 11.5 Å². The molecule has 2 aromatic carbocycles. The van der Waals surface area contributed by atoms with E-state index in [1.807, 2.05) is 48.5 Å². The van der Waals surface area contributed by atoms with E-state index in [2.05, 4.69) is 24.3 Å². The first kappa shape index (κ1) is 16.6. The van der Waals surface area contributed by atoms with Crippen LogP contribution in [-0.2, 0) is 12.8 Å². The van der Waals surface area contributed by atoms with E-state index < -0.39 is 5.54 Å². The molecule has 26 heavy (non-hydrogen) atoms. The lowest BCUT2D eigenvalue weighted by molar-refractivity contribution is 0.422. The molecule has 0 saturated heterocycles. The van der Waals surface area contributed by atoms with E-state index in [1.54, 1.807) is 0 Å². The fourth-order valence-corrected chi connectivity index (χ4v) is 3.34. The van der Waals surface area contributed by atoms with Gasteiger partial charge in [0, 0.05) is 47.1 Å². The van der Waals surface area contributed by atoms with Gasteiger partial charge in [-0.3, -0.25) is 9.97 Å². The van der Waals surface area contributed by atoms with Gasteiger partial charge in [0.15, 0.2) is 0 Å². The number of benzene rings is 2. The van der Waals surface area contributed by atoms with Crippen molar-refractivity contribution in [2.45, 2.75) is 18.4 Å². The molecule has 0 atom stereocenters. The number of para-hydroxylation sites is 2. The van der Waals surface area contributed by atoms with Crippen molar-refractivity contribution in [1.82, 2.24) is 9.97 Å². The highest BCUT2D eigenvalue weighted by molar-refractivity contribution is 5.79. The van der Waals surface area contributed by atoms with Crippen LogP contribution in [0.25, 0.3) is 21.8 Å². The Morgan fingerprint density at radius 2 is 1.12 bits per heavy atom. The van der Waals surface area contributed by atoms with Gasteiger partial charge in [-0.05, 0) is 24.3 Å². The number of rotatable bonds is 5. The number of aromatic nitrogens is 2. The van der Waals surface area contributed by atoms with E-state index in [1.165, 1.54) is 0 Å². The van der Waals surface area contributed by atoms with E-state index in [4.69, 9.17) is 21.4 Å². The van der Waals surface area contributed by atoms with Gasteiger partial charge in [-0.15, -0.1) is 0 Å². The van der Waals surface area contributed by atoms with Crippen LogP contribution in [0.1, 0.15) is 11.4 Å². The molecule has 0 aliphatic carbocycles. The third-order valence-electron chi connectivity index (χ3n) is 4.79. The third kappa shape index (κ3) is 3.43. The smallest absolute Gasteiger partial charge is 0.0705 e. The van der Waals surface area contributed by atoms with Crippen molar-refractivity contribution in [2.24, 2.45) is 11.5 Å². The summed E-state index contributed by atoms with van der Waals surface area (Å²) in [6.45, 7) is 0.371. The van der Waals surface area contributed by atoms with Gasteiger partial charge in [0.1, 0.15) is 0 Å². The molecule has 2 aromatic heterocycles. The zero-order valence-corrected chi connectivity index (χ0v) is 14.6. The van der Waals surface area contributed by atoms with Gasteiger partial charge in [0.25, 0.3) is 0 Å². The Kier molecular flexibility index (Phi) is 4.37. The molecule has 4 heteroatoms. The summed E-state index contributed by atoms with van der Waals surface area (Å²) in [7, 11) is 0. The molecule has 2 heterocycles. The zero-order valence-electron chi connectivity index (χ0n) is 14.6. The predicted octanol–water partition coefficient (Wildman–Crippen LogP) is 3.22. The number of nitrogens with zero attached hydrogens (tertiary/aromatic N) is 2. The number of fused-ring (bicyclic) bond motifs is 2. The fourth-order valence-electron chi connectivity index (χ4n) is 3.34. The Labute approximate surface area is 152 Å². The average Bonchev–Trinajstić information content (AvgIpc) is 2.68. The van der Waals surface area contributed by atoms with E-state index >= 15 is 0 Å². The number of nitrogens with two attached hydrogens (primary N) is 2. The number of hydrogen-bond donors (Lipinski definition) is 2. The highest BCUT2D eigenvalue weighted by Crippen LogP contribution is 2.19. The summed E-state index contributed by atoms with van der Waals surface area (Å²) in [6.07, 6.45) is 1.23. The van der Waals surface area contributed by atoms with Crippen molar-refractivity contribution < 1.29 is 0 Å². The van der Waals surface area contributed by atoms with E-state index in [0.717, 1.165) is 33.2 Å². The van der Waals surface area contributed by atoms with Crippen LogP contribution in [0.15, 0.2) is 72.8 Å². The van der Waals surface area contributed by atoms with Crippen LogP contribution in [0, 0.1) is 0 Å². The van der Waals surface area contributed by atoms with Gasteiger partial charge in [0.05, 0.1) is 11.0 Å². The van der Waals surface area contributed by atoms with Crippen LogP contribution >= 0.6 is 0 Å². The van der Waals surface area contributed by atoms with Gasteiger partial charge in [0.2, 0.25) is 0 Å². The third-order valence-corrected chi connectivity index (χ3v) is 4.79. The molecule has 4 aromatic rings. The number of pyridine rings is 2. The molecule has 130 valence electrons. The molecule has 0 spiro atoms. The fraction of sp³-hybridized carbons (Fsp3) is 0.182. The Bertz CT molecular complexity index is 977. The van der Waals surface area contributed by atoms with Crippen LogP contribution in [-0.4, -0.2) is 22.1 Å². The molecule has 4 rings (SSSR count). The second-order valence-electron chi connectivity index (χ2n) is 6.91. The maximum atomic E-state index is 6.64. The Morgan fingerprint density at radius 1 is 0.654 bits per heavy atom. The number of hydrogen-bond acceptors (Lipinski definition) is 4. The Balaban J connectivity index is 1.60. The molecular formula is C22H22N4. The molecule has 4 nitrogen and oxygen atoms in total. The topological polar surface area (TPSA) is 77.8 Å². The van der Waals surface area contributed by atoms with Crippen molar-refractivity contribution in [3.8, 4) is 0 Å². The minimum Gasteiger partial charge on any atom is -0.329 e. The molecule has 0 aliphatic rings. The molecule has 0 saturated carbocycles. The van der Waals surface area contributed by atoms with Crippen molar-refractivity contribution in [2.75, 3.05) is 6.54 Å². The average molecular weight is 342 g/mol. The van der Waals surface area contributed by atoms with Crippen LogP contribution in [0.2, 0.25) is 0 Å². The van der Waals surface area contributed by atoms with Gasteiger partial charge >= 0.3 is 0 Å². The van der Waals surface area contributed by atoms with Gasteiger partial charge < -0.3 is 11.5 Å². The van der Waals surface area contributed by atoms with Crippen molar-refractivity contribution in [3.05, 3.63) is 84.2 Å². The summed E-state index contributed by atoms with van der Waals surface area (Å²) in [5.41, 5.74) is 16.0. The van der Waals surface area contributed by atoms with Crippen LogP contribution in [0.3, 0.4) is 0 Å². The van der Waals surface area contributed by atoms with E-state index in [-0.39, 0.29) is 0 Å². The first-order valence-electron chi connectivity index (χ1n) is 8.84. The summed E-state index contributed by atoms with van der Waals surface area (Å²) in [5, 5.41) is 2.26. The van der Waals surface area contributed by atoms with E-state index in [0.29, 0.717) is 19.4 Å². The quantitative estimate of drug-likeness (QED) is 0.584. The lowest BCUT2D eigenvalue weighted by Crippen LogP contribution is -2.51. The van der Waals surface area contributed by atoms with Gasteiger partial charge in [-0.2, -0.15) is 0 Å². The SMILES string of the molecule is NCC(N)(Cc1ccc2ccccc2n1)Cc1ccc2ccccc2n1. The summed E-state index contributed by atoms with van der Waals surface area (Å²) in [4.78, 5) is 9.49. The maximum absolute atomic E-state index is 6.64. The van der Waals surface area contributed by atoms with Crippen molar-refractivity contribution >= 4 is 21.8 Å². The molecule has 0 amide bonds. The summed E-state index contributed by atoms with van der Waals surface area (Å²) in [5.74, 6) is 0. The van der Waals surface area contributed by atoms with E-state index in [9.17, 15) is 0 Å². The summed E-state index contributed by atoms with van der Waals surface area (Å²) >= 11 is 0. The van der Waals surface area contributed by atoms with Gasteiger partial charge in [-0.1, -0.05) is 48.5 Å². The lowest BCUT2D eigenvalue weighted by Gasteiger charge is -2.27. The standard InChI is InChI=1S/C22H22N4/c23-15-22(24,13-18-11-9-16-5-1-3-7-20(16)25-18)14-19-12-10-17-6-2-4-8-21(17)26-19/h1-12H,13-15,23-24H2. The first-order chi connectivity index (χ1) is 12.6. The molecule has 0 radical (unpaired) electrons. The van der Waals surface area contributed by atoms with Crippen molar-refractivity contribution in [1.29, 1.82) is 0 Å². The normalized spacial score (nSPS) is 11.9. The van der Waals surface area contributed by atoms with Crippen LogP contribution in [0.5, 0.6) is 0 Å². The minimum absolute atomic E-state index is 0.371. The minimum atomic E-state index is -0.578. The first-order valence-corrected chi connectivity index (χ1v) is 8.84. The second kappa shape index (κ2) is 6.83. The van der Waals surface area contributed by atoms with Crippen LogP contribution in [0.4, 0.5) is 0 Å². The Morgan fingerprint density at radius 3 is 1.58 bits per heavy atom.